The lowest BCUT2D eigenvalue weighted by molar-refractivity contribution is -0.140. The third-order valence-corrected chi connectivity index (χ3v) is 2.52. The lowest BCUT2D eigenvalue weighted by atomic mass is 10.1. The summed E-state index contributed by atoms with van der Waals surface area (Å²) < 4.78 is 35.5. The van der Waals surface area contributed by atoms with E-state index in [9.17, 15) is 18.0 Å². The van der Waals surface area contributed by atoms with Crippen molar-refractivity contribution in [1.82, 2.24) is 10.2 Å². The minimum absolute atomic E-state index is 0.358. The summed E-state index contributed by atoms with van der Waals surface area (Å²) in [5.74, 6) is -0.171. The summed E-state index contributed by atoms with van der Waals surface area (Å²) in [5.41, 5.74) is 0. The lowest BCUT2D eigenvalue weighted by Gasteiger charge is -2.19. The van der Waals surface area contributed by atoms with Crippen molar-refractivity contribution in [2.75, 3.05) is 20.1 Å². The van der Waals surface area contributed by atoms with Crippen LogP contribution < -0.4 is 5.32 Å². The van der Waals surface area contributed by atoms with Crippen molar-refractivity contribution in [3.8, 4) is 0 Å². The van der Waals surface area contributed by atoms with Crippen LogP contribution in [0.2, 0.25) is 0 Å². The van der Waals surface area contributed by atoms with Crippen LogP contribution in [0.5, 0.6) is 0 Å². The maximum absolute atomic E-state index is 11.8. The molecule has 0 spiro atoms. The number of hydrogen-bond donors (Lipinski definition) is 1. The molecule has 0 radical (unpaired) electrons. The summed E-state index contributed by atoms with van der Waals surface area (Å²) in [6.45, 7) is 1.49. The van der Waals surface area contributed by atoms with Crippen molar-refractivity contribution in [1.29, 1.82) is 0 Å². The Morgan fingerprint density at radius 3 is 2.53 bits per heavy atom. The highest BCUT2D eigenvalue weighted by Crippen LogP contribution is 2.21. The van der Waals surface area contributed by atoms with Gasteiger partial charge in [-0.05, 0) is 19.4 Å². The number of likely N-dealkylation sites (tertiary alicyclic amines) is 1. The van der Waals surface area contributed by atoms with Crippen molar-refractivity contribution >= 4 is 5.91 Å². The van der Waals surface area contributed by atoms with Crippen molar-refractivity contribution in [2.45, 2.75) is 25.6 Å². The van der Waals surface area contributed by atoms with Crippen LogP contribution in [0.1, 0.15) is 13.3 Å². The van der Waals surface area contributed by atoms with E-state index in [2.05, 4.69) is 0 Å². The molecule has 1 saturated heterocycles. The molecule has 1 N–H and O–H groups in total. The molecule has 6 heteroatoms. The van der Waals surface area contributed by atoms with E-state index in [-0.39, 0.29) is 0 Å². The fourth-order valence-corrected chi connectivity index (χ4v) is 1.87. The fraction of sp³-hybridized carbons (Fsp3) is 0.889. The molecule has 0 aromatic heterocycles. The first-order valence-corrected chi connectivity index (χ1v) is 4.84. The summed E-state index contributed by atoms with van der Waals surface area (Å²) in [4.78, 5) is 13.2. The highest BCUT2D eigenvalue weighted by molar-refractivity contribution is 5.82. The zero-order valence-electron chi connectivity index (χ0n) is 8.77. The van der Waals surface area contributed by atoms with Crippen molar-refractivity contribution in [3.63, 3.8) is 0 Å². The third-order valence-electron chi connectivity index (χ3n) is 2.52. The topological polar surface area (TPSA) is 32.3 Å². The number of hydrogen-bond acceptors (Lipinski definition) is 2. The Hall–Kier alpha value is -0.780. The van der Waals surface area contributed by atoms with Gasteiger partial charge in [0.25, 0.3) is 0 Å². The van der Waals surface area contributed by atoms with E-state index < -0.39 is 24.7 Å². The molecule has 1 unspecified atom stereocenters. The van der Waals surface area contributed by atoms with Crippen LogP contribution in [0.3, 0.4) is 0 Å². The molecule has 1 fully saturated rings. The number of nitrogens with one attached hydrogen (secondary N) is 1. The van der Waals surface area contributed by atoms with Gasteiger partial charge in [-0.15, -0.1) is 0 Å². The maximum atomic E-state index is 11.8. The van der Waals surface area contributed by atoms with E-state index in [1.807, 2.05) is 12.2 Å². The van der Waals surface area contributed by atoms with Gasteiger partial charge in [-0.2, -0.15) is 13.2 Å². The second-order valence-corrected chi connectivity index (χ2v) is 4.13. The van der Waals surface area contributed by atoms with Crippen molar-refractivity contribution < 1.29 is 18.0 Å². The second kappa shape index (κ2) is 4.38. The summed E-state index contributed by atoms with van der Waals surface area (Å²) in [5, 5.41) is 1.91. The molecule has 0 aromatic rings. The maximum Gasteiger partial charge on any atom is 0.405 e. The number of amides is 1. The van der Waals surface area contributed by atoms with E-state index in [1.54, 1.807) is 11.9 Å². The van der Waals surface area contributed by atoms with E-state index in [4.69, 9.17) is 0 Å². The van der Waals surface area contributed by atoms with E-state index in [0.29, 0.717) is 12.3 Å². The first-order valence-electron chi connectivity index (χ1n) is 4.84. The third kappa shape index (κ3) is 3.70. The minimum atomic E-state index is -4.33. The number of alkyl halides is 3. The van der Waals surface area contributed by atoms with Crippen LogP contribution in [0.15, 0.2) is 0 Å². The SMILES string of the molecule is CC1C[C@@H](C(=O)NCC(F)(F)F)N(C)C1. The Labute approximate surface area is 86.6 Å². The minimum Gasteiger partial charge on any atom is -0.346 e. The average Bonchev–Trinajstić information content (AvgIpc) is 2.40. The van der Waals surface area contributed by atoms with Gasteiger partial charge in [0.2, 0.25) is 5.91 Å². The van der Waals surface area contributed by atoms with Gasteiger partial charge in [-0.25, -0.2) is 0 Å². The Bertz CT molecular complexity index is 242. The van der Waals surface area contributed by atoms with Crippen LogP contribution in [0, 0.1) is 5.92 Å². The largest absolute Gasteiger partial charge is 0.405 e. The molecule has 1 amide bonds. The molecule has 1 aliphatic heterocycles. The molecule has 0 saturated carbocycles. The van der Waals surface area contributed by atoms with Crippen LogP contribution >= 0.6 is 0 Å². The van der Waals surface area contributed by atoms with E-state index in [1.165, 1.54) is 0 Å². The predicted octanol–water partition coefficient (Wildman–Crippen LogP) is 1.01. The van der Waals surface area contributed by atoms with Gasteiger partial charge in [-0.3, -0.25) is 9.69 Å². The number of nitrogens with zero attached hydrogens (tertiary/aromatic N) is 1. The smallest absolute Gasteiger partial charge is 0.346 e. The van der Waals surface area contributed by atoms with E-state index >= 15 is 0 Å². The number of carbonyl (C=O) groups is 1. The molecule has 88 valence electrons. The standard InChI is InChI=1S/C9H15F3N2O/c1-6-3-7(14(2)4-6)8(15)13-5-9(10,11)12/h6-7H,3-5H2,1-2H3,(H,13,15)/t6?,7-/m0/s1. The molecule has 0 aliphatic carbocycles. The van der Waals surface area contributed by atoms with Crippen LogP contribution in [-0.4, -0.2) is 43.2 Å². The summed E-state index contributed by atoms with van der Waals surface area (Å²) in [6, 6.07) is -0.414. The number of halogens is 3. The van der Waals surface area contributed by atoms with Crippen molar-refractivity contribution in [3.05, 3.63) is 0 Å². The van der Waals surface area contributed by atoms with Crippen molar-refractivity contribution in [2.24, 2.45) is 5.92 Å². The first kappa shape index (κ1) is 12.3. The number of carbonyl (C=O) groups excluding carboxylic acids is 1. The monoisotopic (exact) mass is 224 g/mol. The van der Waals surface area contributed by atoms with Gasteiger partial charge in [0.05, 0.1) is 6.04 Å². The number of likely N-dealkylation sites (N-methyl/N-ethyl adjacent to an activating group) is 1. The molecular formula is C9H15F3N2O. The highest BCUT2D eigenvalue weighted by Gasteiger charge is 2.34. The van der Waals surface area contributed by atoms with Crippen LogP contribution in [0.25, 0.3) is 0 Å². The van der Waals surface area contributed by atoms with E-state index in [0.717, 1.165) is 6.54 Å². The molecule has 1 rings (SSSR count). The summed E-state index contributed by atoms with van der Waals surface area (Å²) in [6.07, 6.45) is -3.71. The molecule has 1 aliphatic rings. The molecule has 1 heterocycles. The van der Waals surface area contributed by atoms with Gasteiger partial charge < -0.3 is 5.32 Å². The summed E-state index contributed by atoms with van der Waals surface area (Å²) >= 11 is 0. The van der Waals surface area contributed by atoms with Gasteiger partial charge >= 0.3 is 6.18 Å². The van der Waals surface area contributed by atoms with Crippen LogP contribution in [-0.2, 0) is 4.79 Å². The molecule has 2 atom stereocenters. The average molecular weight is 224 g/mol. The van der Waals surface area contributed by atoms with Crippen LogP contribution in [0.4, 0.5) is 13.2 Å². The van der Waals surface area contributed by atoms with Gasteiger partial charge in [0, 0.05) is 6.54 Å². The Morgan fingerprint density at radius 1 is 1.53 bits per heavy atom. The zero-order valence-corrected chi connectivity index (χ0v) is 8.77. The predicted molar refractivity (Wildman–Crippen MR) is 49.3 cm³/mol. The lowest BCUT2D eigenvalue weighted by Crippen LogP contribution is -2.44. The summed E-state index contributed by atoms with van der Waals surface area (Å²) in [7, 11) is 1.75. The van der Waals surface area contributed by atoms with Gasteiger partial charge in [-0.1, -0.05) is 6.92 Å². The fourth-order valence-electron chi connectivity index (χ4n) is 1.87. The zero-order chi connectivity index (χ0) is 11.6. The molecule has 15 heavy (non-hydrogen) atoms. The Balaban J connectivity index is 2.41. The molecule has 3 nitrogen and oxygen atoms in total. The second-order valence-electron chi connectivity index (χ2n) is 4.13. The highest BCUT2D eigenvalue weighted by atomic mass is 19.4. The normalized spacial score (nSPS) is 28.1. The molecular weight excluding hydrogens is 209 g/mol. The molecule has 0 bridgehead atoms. The first-order chi connectivity index (χ1) is 6.79. The van der Waals surface area contributed by atoms with Gasteiger partial charge in [0.15, 0.2) is 0 Å². The number of rotatable bonds is 2. The Kier molecular flexibility index (Phi) is 3.59. The quantitative estimate of drug-likeness (QED) is 0.759. The Morgan fingerprint density at radius 2 is 2.13 bits per heavy atom. The molecule has 0 aromatic carbocycles. The van der Waals surface area contributed by atoms with Gasteiger partial charge in [0.1, 0.15) is 6.54 Å².